The number of aliphatic carboxylic acids is 1. The minimum Gasteiger partial charge on any atom is -0.481 e. The summed E-state index contributed by atoms with van der Waals surface area (Å²) in [4.78, 5) is 10.9. The van der Waals surface area contributed by atoms with Gasteiger partial charge >= 0.3 is 12.1 Å². The Kier molecular flexibility index (Phi) is 8.00. The van der Waals surface area contributed by atoms with Crippen molar-refractivity contribution in [1.29, 1.82) is 5.41 Å². The molecule has 1 atom stereocenters. The Balaban J connectivity index is 2.30. The fourth-order valence-electron chi connectivity index (χ4n) is 3.30. The highest BCUT2D eigenvalue weighted by molar-refractivity contribution is 7.91. The Bertz CT molecular complexity index is 1050. The molecule has 0 amide bonds. The number of halogens is 3. The maximum atomic E-state index is 13.2. The van der Waals surface area contributed by atoms with E-state index in [9.17, 15) is 31.5 Å². The van der Waals surface area contributed by atoms with Gasteiger partial charge in [0.25, 0.3) is 0 Å². The summed E-state index contributed by atoms with van der Waals surface area (Å²) in [5.41, 5.74) is -0.345. The van der Waals surface area contributed by atoms with E-state index in [4.69, 9.17) is 5.41 Å². The van der Waals surface area contributed by atoms with Crippen molar-refractivity contribution < 1.29 is 31.5 Å². The average Bonchev–Trinajstić information content (AvgIpc) is 2.71. The van der Waals surface area contributed by atoms with Gasteiger partial charge in [0.15, 0.2) is 9.84 Å². The zero-order chi connectivity index (χ0) is 23.2. The van der Waals surface area contributed by atoms with Gasteiger partial charge in [0.1, 0.15) is 0 Å². The van der Waals surface area contributed by atoms with Gasteiger partial charge in [-0.3, -0.25) is 4.79 Å². The third kappa shape index (κ3) is 6.16. The van der Waals surface area contributed by atoms with E-state index in [0.717, 1.165) is 30.5 Å². The van der Waals surface area contributed by atoms with Crippen LogP contribution in [0.4, 0.5) is 13.2 Å². The predicted octanol–water partition coefficient (Wildman–Crippen LogP) is 4.98. The van der Waals surface area contributed by atoms with E-state index in [1.165, 1.54) is 6.07 Å². The molecule has 0 heterocycles. The van der Waals surface area contributed by atoms with Gasteiger partial charge in [-0.1, -0.05) is 49.7 Å². The van der Waals surface area contributed by atoms with Gasteiger partial charge in [0.2, 0.25) is 0 Å². The zero-order valence-corrected chi connectivity index (χ0v) is 17.8. The topological polar surface area (TPSA) is 95.3 Å². The fraction of sp³-hybridized carbons (Fsp3) is 0.364. The number of hydrogen-bond donors (Lipinski definition) is 2. The number of alkyl halides is 3. The summed E-state index contributed by atoms with van der Waals surface area (Å²) in [6.45, 7) is 2.00. The number of unbranched alkanes of at least 4 members (excludes halogenated alkanes) is 1. The summed E-state index contributed by atoms with van der Waals surface area (Å²) in [6, 6.07) is 10.6. The van der Waals surface area contributed by atoms with Gasteiger partial charge < -0.3 is 10.5 Å². The van der Waals surface area contributed by atoms with Gasteiger partial charge in [-0.2, -0.15) is 13.2 Å². The molecule has 1 unspecified atom stereocenters. The van der Waals surface area contributed by atoms with Crippen molar-refractivity contribution in [3.05, 3.63) is 65.2 Å². The molecule has 5 nitrogen and oxygen atoms in total. The first-order valence-corrected chi connectivity index (χ1v) is 11.4. The minimum atomic E-state index is -4.86. The number of aryl methyl sites for hydroxylation is 1. The number of rotatable bonds is 10. The molecule has 2 aromatic rings. The van der Waals surface area contributed by atoms with Crippen LogP contribution in [-0.2, 0) is 27.2 Å². The van der Waals surface area contributed by atoms with Crippen molar-refractivity contribution in [2.24, 2.45) is 5.92 Å². The minimum absolute atomic E-state index is 0.251. The molecule has 9 heteroatoms. The molecule has 0 aromatic heterocycles. The molecule has 2 N–H and O–H groups in total. The van der Waals surface area contributed by atoms with Crippen LogP contribution in [0.5, 0.6) is 0 Å². The van der Waals surface area contributed by atoms with Crippen LogP contribution >= 0.6 is 0 Å². The Labute approximate surface area is 179 Å². The molecule has 2 aromatic carbocycles. The normalized spacial score (nSPS) is 13.0. The number of nitrogens with one attached hydrogen (secondary N) is 1. The standard InChI is InChI=1S/C22H24F3NO4S/c1-2-3-8-15-9-4-5-10-16(15)20(26)17(21(27)28)13-14-31(29,30)19-12-7-6-11-18(19)22(23,24)25/h4-7,9-12,17,26H,2-3,8,13-14H2,1H3,(H,27,28). The Hall–Kier alpha value is -2.68. The second-order valence-electron chi connectivity index (χ2n) is 7.17. The van der Waals surface area contributed by atoms with Gasteiger partial charge in [-0.25, -0.2) is 8.42 Å². The van der Waals surface area contributed by atoms with Gasteiger partial charge in [0, 0.05) is 0 Å². The van der Waals surface area contributed by atoms with Gasteiger partial charge in [0.05, 0.1) is 27.8 Å². The first-order chi connectivity index (χ1) is 14.5. The number of hydrogen-bond acceptors (Lipinski definition) is 4. The van der Waals surface area contributed by atoms with Crippen molar-refractivity contribution in [3.8, 4) is 0 Å². The van der Waals surface area contributed by atoms with E-state index in [1.807, 2.05) is 6.92 Å². The lowest BCUT2D eigenvalue weighted by atomic mass is 9.90. The van der Waals surface area contributed by atoms with Crippen LogP contribution in [0.15, 0.2) is 53.4 Å². The van der Waals surface area contributed by atoms with E-state index < -0.39 is 50.5 Å². The summed E-state index contributed by atoms with van der Waals surface area (Å²) in [7, 11) is -4.42. The second kappa shape index (κ2) is 10.1. The SMILES string of the molecule is CCCCc1ccccc1C(=N)C(CCS(=O)(=O)c1ccccc1C(F)(F)F)C(=O)O. The molecule has 0 aliphatic carbocycles. The third-order valence-corrected chi connectivity index (χ3v) is 6.76. The van der Waals surface area contributed by atoms with Crippen molar-refractivity contribution in [2.75, 3.05) is 5.75 Å². The number of benzene rings is 2. The van der Waals surface area contributed by atoms with Crippen molar-refractivity contribution in [2.45, 2.75) is 43.7 Å². The summed E-state index contributed by atoms with van der Waals surface area (Å²) in [5.74, 6) is -3.68. The maximum Gasteiger partial charge on any atom is 0.417 e. The van der Waals surface area contributed by atoms with Crippen LogP contribution < -0.4 is 0 Å². The average molecular weight is 455 g/mol. The smallest absolute Gasteiger partial charge is 0.417 e. The number of carboxylic acids is 1. The van der Waals surface area contributed by atoms with Crippen molar-refractivity contribution >= 4 is 21.5 Å². The molecule has 0 spiro atoms. The molecule has 0 fully saturated rings. The van der Waals surface area contributed by atoms with Crippen molar-refractivity contribution in [3.63, 3.8) is 0 Å². The second-order valence-corrected chi connectivity index (χ2v) is 9.24. The lowest BCUT2D eigenvalue weighted by molar-refractivity contribution is -0.140. The highest BCUT2D eigenvalue weighted by atomic mass is 32.2. The molecular weight excluding hydrogens is 431 g/mol. The van der Waals surface area contributed by atoms with E-state index in [2.05, 4.69) is 0 Å². The van der Waals surface area contributed by atoms with Crippen LogP contribution in [0, 0.1) is 11.3 Å². The molecule has 0 bridgehead atoms. The number of sulfone groups is 1. The fourth-order valence-corrected chi connectivity index (χ4v) is 4.87. The zero-order valence-electron chi connectivity index (χ0n) is 16.9. The summed E-state index contributed by atoms with van der Waals surface area (Å²) >= 11 is 0. The molecule has 0 radical (unpaired) electrons. The molecule has 0 saturated carbocycles. The van der Waals surface area contributed by atoms with E-state index >= 15 is 0 Å². The van der Waals surface area contributed by atoms with Gasteiger partial charge in [-0.05, 0) is 42.5 Å². The quantitative estimate of drug-likeness (QED) is 0.494. The van der Waals surface area contributed by atoms with Crippen LogP contribution in [0.25, 0.3) is 0 Å². The molecule has 31 heavy (non-hydrogen) atoms. The van der Waals surface area contributed by atoms with E-state index in [-0.39, 0.29) is 5.71 Å². The maximum absolute atomic E-state index is 13.2. The highest BCUT2D eigenvalue weighted by Crippen LogP contribution is 2.34. The van der Waals surface area contributed by atoms with Crippen LogP contribution in [0.1, 0.15) is 42.9 Å². The molecule has 0 saturated heterocycles. The van der Waals surface area contributed by atoms with Crippen molar-refractivity contribution in [1.82, 2.24) is 0 Å². The highest BCUT2D eigenvalue weighted by Gasteiger charge is 2.37. The molecule has 168 valence electrons. The van der Waals surface area contributed by atoms with Crippen LogP contribution in [0.2, 0.25) is 0 Å². The number of carboxylic acid groups (broad SMARTS) is 1. The lowest BCUT2D eigenvalue weighted by Gasteiger charge is -2.18. The summed E-state index contributed by atoms with van der Waals surface area (Å²) in [5, 5.41) is 18.0. The largest absolute Gasteiger partial charge is 0.481 e. The van der Waals surface area contributed by atoms with E-state index in [1.54, 1.807) is 24.3 Å². The van der Waals surface area contributed by atoms with Gasteiger partial charge in [-0.15, -0.1) is 0 Å². The monoisotopic (exact) mass is 455 g/mol. The van der Waals surface area contributed by atoms with E-state index in [0.29, 0.717) is 18.1 Å². The van der Waals surface area contributed by atoms with Crippen LogP contribution in [0.3, 0.4) is 0 Å². The first-order valence-electron chi connectivity index (χ1n) is 9.77. The Morgan fingerprint density at radius 3 is 2.32 bits per heavy atom. The Morgan fingerprint density at radius 2 is 1.71 bits per heavy atom. The lowest BCUT2D eigenvalue weighted by Crippen LogP contribution is -2.28. The molecule has 0 aliphatic rings. The Morgan fingerprint density at radius 1 is 1.10 bits per heavy atom. The summed E-state index contributed by atoms with van der Waals surface area (Å²) in [6.07, 6.45) is -2.99. The predicted molar refractivity (Wildman–Crippen MR) is 111 cm³/mol. The first kappa shape index (κ1) is 24.6. The molecule has 0 aliphatic heterocycles. The van der Waals surface area contributed by atoms with Crippen LogP contribution in [-0.4, -0.2) is 31.0 Å². The summed E-state index contributed by atoms with van der Waals surface area (Å²) < 4.78 is 64.9. The number of carbonyl (C=O) groups is 1. The third-order valence-electron chi connectivity index (χ3n) is 4.96. The molecule has 2 rings (SSSR count). The molecular formula is C22H24F3NO4S.